The molecule has 0 saturated carbocycles. The lowest BCUT2D eigenvalue weighted by Crippen LogP contribution is -2.15. The molecule has 0 radical (unpaired) electrons. The number of anilines is 2. The van der Waals surface area contributed by atoms with Gasteiger partial charge in [-0.3, -0.25) is 4.79 Å². The molecule has 7 heteroatoms. The third-order valence-corrected chi connectivity index (χ3v) is 3.57. The molecular weight excluding hydrogens is 344 g/mol. The largest absolute Gasteiger partial charge is 0.490 e. The lowest BCUT2D eigenvalue weighted by Gasteiger charge is -2.13. The van der Waals surface area contributed by atoms with Gasteiger partial charge < -0.3 is 20.5 Å². The van der Waals surface area contributed by atoms with Crippen LogP contribution in [0.5, 0.6) is 17.4 Å². The Balaban J connectivity index is 1.88. The Morgan fingerprint density at radius 3 is 2.52 bits per heavy atom. The fourth-order valence-electron chi connectivity index (χ4n) is 2.30. The predicted molar refractivity (Wildman–Crippen MR) is 103 cm³/mol. The number of amides is 1. The third kappa shape index (κ3) is 4.72. The van der Waals surface area contributed by atoms with Crippen LogP contribution in [0.4, 0.5) is 11.6 Å². The summed E-state index contributed by atoms with van der Waals surface area (Å²) in [5.74, 6) is 0.670. The summed E-state index contributed by atoms with van der Waals surface area (Å²) in [6.07, 6.45) is 2.20. The smallest absolute Gasteiger partial charge is 0.262 e. The monoisotopic (exact) mass is 364 g/mol. The van der Waals surface area contributed by atoms with Crippen molar-refractivity contribution in [3.63, 3.8) is 0 Å². The Bertz CT molecular complexity index is 916. The second kappa shape index (κ2) is 8.66. The van der Waals surface area contributed by atoms with Crippen molar-refractivity contribution in [2.75, 3.05) is 17.7 Å². The van der Waals surface area contributed by atoms with Gasteiger partial charge in [-0.2, -0.15) is 4.98 Å². The number of ether oxygens (including phenoxy) is 2. The minimum absolute atomic E-state index is 0.00761. The van der Waals surface area contributed by atoms with Crippen LogP contribution >= 0.6 is 0 Å². The standard InChI is InChI=1S/C20H20N4O3/c1-2-12-26-16-10-6-7-11-17(16)27-19-15(13-22-20(21)24-19)18(25)23-14-8-4-3-5-9-14/h3-11,13H,2,12H2,1H3,(H,23,25)(H2,21,22,24). The van der Waals surface area contributed by atoms with E-state index in [0.29, 0.717) is 23.8 Å². The van der Waals surface area contributed by atoms with Crippen molar-refractivity contribution in [3.05, 3.63) is 66.4 Å². The van der Waals surface area contributed by atoms with Gasteiger partial charge in [-0.15, -0.1) is 0 Å². The number of nitrogens with zero attached hydrogens (tertiary/aromatic N) is 2. The number of benzene rings is 2. The van der Waals surface area contributed by atoms with Crippen molar-refractivity contribution in [2.24, 2.45) is 0 Å². The van der Waals surface area contributed by atoms with Crippen LogP contribution < -0.4 is 20.5 Å². The van der Waals surface area contributed by atoms with Crippen molar-refractivity contribution in [1.29, 1.82) is 0 Å². The minimum atomic E-state index is -0.400. The first-order chi connectivity index (χ1) is 13.2. The summed E-state index contributed by atoms with van der Waals surface area (Å²) in [6.45, 7) is 2.56. The van der Waals surface area contributed by atoms with E-state index in [-0.39, 0.29) is 17.4 Å². The molecule has 1 amide bonds. The first-order valence-corrected chi connectivity index (χ1v) is 8.56. The van der Waals surface area contributed by atoms with Crippen molar-refractivity contribution in [3.8, 4) is 17.4 Å². The highest BCUT2D eigenvalue weighted by atomic mass is 16.5. The van der Waals surface area contributed by atoms with Crippen molar-refractivity contribution < 1.29 is 14.3 Å². The zero-order chi connectivity index (χ0) is 19.1. The molecule has 0 spiro atoms. The molecule has 0 aliphatic rings. The van der Waals surface area contributed by atoms with Crippen LogP contribution in [0.1, 0.15) is 23.7 Å². The highest BCUT2D eigenvalue weighted by molar-refractivity contribution is 6.05. The quantitative estimate of drug-likeness (QED) is 0.660. The number of nitrogens with two attached hydrogens (primary N) is 1. The summed E-state index contributed by atoms with van der Waals surface area (Å²) in [6, 6.07) is 16.3. The summed E-state index contributed by atoms with van der Waals surface area (Å²) in [4.78, 5) is 20.6. The number of nitrogens with one attached hydrogen (secondary N) is 1. The highest BCUT2D eigenvalue weighted by Gasteiger charge is 2.18. The van der Waals surface area contributed by atoms with E-state index in [1.807, 2.05) is 37.3 Å². The molecule has 3 aromatic rings. The molecule has 0 aliphatic heterocycles. The summed E-state index contributed by atoms with van der Waals surface area (Å²) < 4.78 is 11.5. The van der Waals surface area contributed by atoms with Crippen LogP contribution in [0.25, 0.3) is 0 Å². The van der Waals surface area contributed by atoms with E-state index < -0.39 is 5.91 Å². The number of hydrogen-bond acceptors (Lipinski definition) is 6. The molecule has 7 nitrogen and oxygen atoms in total. The normalized spacial score (nSPS) is 10.3. The van der Waals surface area contributed by atoms with Crippen LogP contribution in [0, 0.1) is 0 Å². The van der Waals surface area contributed by atoms with Crippen molar-refractivity contribution in [1.82, 2.24) is 9.97 Å². The van der Waals surface area contributed by atoms with Gasteiger partial charge >= 0.3 is 0 Å². The lowest BCUT2D eigenvalue weighted by atomic mass is 10.2. The van der Waals surface area contributed by atoms with Crippen molar-refractivity contribution in [2.45, 2.75) is 13.3 Å². The fraction of sp³-hybridized carbons (Fsp3) is 0.150. The average molecular weight is 364 g/mol. The van der Waals surface area contributed by atoms with Gasteiger partial charge in [0.1, 0.15) is 5.56 Å². The number of carbonyl (C=O) groups is 1. The minimum Gasteiger partial charge on any atom is -0.490 e. The van der Waals surface area contributed by atoms with Crippen LogP contribution in [0.2, 0.25) is 0 Å². The Morgan fingerprint density at radius 2 is 1.78 bits per heavy atom. The number of aromatic nitrogens is 2. The molecule has 0 atom stereocenters. The Kier molecular flexibility index (Phi) is 5.84. The Morgan fingerprint density at radius 1 is 1.07 bits per heavy atom. The van der Waals surface area contributed by atoms with Gasteiger partial charge in [0, 0.05) is 11.9 Å². The molecule has 0 fully saturated rings. The summed E-state index contributed by atoms with van der Waals surface area (Å²) in [5, 5.41) is 2.78. The van der Waals surface area contributed by atoms with E-state index in [2.05, 4.69) is 15.3 Å². The topological polar surface area (TPSA) is 99.4 Å². The molecular formula is C20H20N4O3. The molecule has 0 bridgehead atoms. The van der Waals surface area contributed by atoms with Gasteiger partial charge in [0.15, 0.2) is 11.5 Å². The van der Waals surface area contributed by atoms with Crippen LogP contribution in [0.15, 0.2) is 60.8 Å². The van der Waals surface area contributed by atoms with E-state index in [9.17, 15) is 4.79 Å². The van der Waals surface area contributed by atoms with Crippen LogP contribution in [0.3, 0.4) is 0 Å². The van der Waals surface area contributed by atoms with E-state index in [1.165, 1.54) is 6.20 Å². The maximum atomic E-state index is 12.7. The maximum absolute atomic E-state index is 12.7. The van der Waals surface area contributed by atoms with E-state index >= 15 is 0 Å². The average Bonchev–Trinajstić information content (AvgIpc) is 2.68. The molecule has 3 rings (SSSR count). The fourth-order valence-corrected chi connectivity index (χ4v) is 2.30. The van der Waals surface area contributed by atoms with Gasteiger partial charge in [0.25, 0.3) is 5.91 Å². The summed E-state index contributed by atoms with van der Waals surface area (Å²) in [5.41, 5.74) is 6.50. The van der Waals surface area contributed by atoms with Crippen LogP contribution in [-0.4, -0.2) is 22.5 Å². The Labute approximate surface area is 157 Å². The molecule has 138 valence electrons. The van der Waals surface area contributed by atoms with Crippen LogP contribution in [-0.2, 0) is 0 Å². The third-order valence-electron chi connectivity index (χ3n) is 3.57. The first kappa shape index (κ1) is 18.2. The van der Waals surface area contributed by atoms with Gasteiger partial charge in [-0.05, 0) is 30.7 Å². The highest BCUT2D eigenvalue weighted by Crippen LogP contribution is 2.32. The molecule has 1 aromatic heterocycles. The SMILES string of the molecule is CCCOc1ccccc1Oc1nc(N)ncc1C(=O)Nc1ccccc1. The van der Waals surface area contributed by atoms with Gasteiger partial charge in [-0.25, -0.2) is 4.98 Å². The summed E-state index contributed by atoms with van der Waals surface area (Å²) in [7, 11) is 0. The number of carbonyl (C=O) groups excluding carboxylic acids is 1. The second-order valence-electron chi connectivity index (χ2n) is 5.66. The number of hydrogen-bond donors (Lipinski definition) is 2. The molecule has 1 heterocycles. The zero-order valence-corrected chi connectivity index (χ0v) is 14.9. The number of rotatable bonds is 7. The maximum Gasteiger partial charge on any atom is 0.262 e. The molecule has 27 heavy (non-hydrogen) atoms. The second-order valence-corrected chi connectivity index (χ2v) is 5.66. The Hall–Kier alpha value is -3.61. The molecule has 2 aromatic carbocycles. The number of para-hydroxylation sites is 3. The van der Waals surface area contributed by atoms with Gasteiger partial charge in [-0.1, -0.05) is 37.3 Å². The van der Waals surface area contributed by atoms with Crippen molar-refractivity contribution >= 4 is 17.5 Å². The first-order valence-electron chi connectivity index (χ1n) is 8.56. The van der Waals surface area contributed by atoms with E-state index in [4.69, 9.17) is 15.2 Å². The number of nitrogen functional groups attached to an aromatic ring is 1. The molecule has 0 unspecified atom stereocenters. The molecule has 0 saturated heterocycles. The van der Waals surface area contributed by atoms with Gasteiger partial charge in [0.05, 0.1) is 6.61 Å². The lowest BCUT2D eigenvalue weighted by molar-refractivity contribution is 0.102. The zero-order valence-electron chi connectivity index (χ0n) is 14.9. The molecule has 3 N–H and O–H groups in total. The molecule has 0 aliphatic carbocycles. The van der Waals surface area contributed by atoms with Gasteiger partial charge in [0.2, 0.25) is 11.8 Å². The predicted octanol–water partition coefficient (Wildman–Crippen LogP) is 3.89. The summed E-state index contributed by atoms with van der Waals surface area (Å²) >= 11 is 0. The van der Waals surface area contributed by atoms with E-state index in [0.717, 1.165) is 6.42 Å². The van der Waals surface area contributed by atoms with E-state index in [1.54, 1.807) is 24.3 Å².